The molecule has 1 aromatic heterocycles. The SMILES string of the molecule is CNC(=S)Nc1nc(N2CCC[C@H](C)C2)cc(N2CCC[C@H](C)C2)n1. The number of nitrogens with one attached hydrogen (secondary N) is 2. The molecule has 3 heterocycles. The summed E-state index contributed by atoms with van der Waals surface area (Å²) in [6.45, 7) is 8.87. The van der Waals surface area contributed by atoms with Gasteiger partial charge in [-0.15, -0.1) is 0 Å². The highest BCUT2D eigenvalue weighted by Crippen LogP contribution is 2.28. The zero-order valence-electron chi connectivity index (χ0n) is 15.6. The first-order valence-corrected chi connectivity index (χ1v) is 9.83. The molecule has 25 heavy (non-hydrogen) atoms. The molecule has 0 radical (unpaired) electrons. The second kappa shape index (κ2) is 8.17. The van der Waals surface area contributed by atoms with Crippen LogP contribution in [0.3, 0.4) is 0 Å². The van der Waals surface area contributed by atoms with Crippen LogP contribution in [0.2, 0.25) is 0 Å². The molecule has 0 spiro atoms. The number of thiocarbonyl (C=S) groups is 1. The molecule has 0 bridgehead atoms. The van der Waals surface area contributed by atoms with Crippen molar-refractivity contribution in [1.82, 2.24) is 15.3 Å². The van der Waals surface area contributed by atoms with Crippen molar-refractivity contribution in [3.63, 3.8) is 0 Å². The van der Waals surface area contributed by atoms with Crippen LogP contribution in [0.15, 0.2) is 6.07 Å². The van der Waals surface area contributed by atoms with Crippen LogP contribution in [0.5, 0.6) is 0 Å². The van der Waals surface area contributed by atoms with Gasteiger partial charge in [0.2, 0.25) is 5.95 Å². The van der Waals surface area contributed by atoms with Gasteiger partial charge in [-0.1, -0.05) is 13.8 Å². The second-order valence-electron chi connectivity index (χ2n) is 7.50. The Morgan fingerprint density at radius 2 is 1.56 bits per heavy atom. The zero-order chi connectivity index (χ0) is 17.8. The molecule has 0 aromatic carbocycles. The van der Waals surface area contributed by atoms with Gasteiger partial charge in [-0.2, -0.15) is 9.97 Å². The molecule has 2 aliphatic rings. The van der Waals surface area contributed by atoms with E-state index >= 15 is 0 Å². The second-order valence-corrected chi connectivity index (χ2v) is 7.91. The van der Waals surface area contributed by atoms with Crippen LogP contribution in [0.25, 0.3) is 0 Å². The van der Waals surface area contributed by atoms with Crippen molar-refractivity contribution < 1.29 is 0 Å². The van der Waals surface area contributed by atoms with Gasteiger partial charge in [0, 0.05) is 39.3 Å². The highest BCUT2D eigenvalue weighted by Gasteiger charge is 2.22. The molecule has 0 saturated carbocycles. The van der Waals surface area contributed by atoms with Gasteiger partial charge in [0.15, 0.2) is 5.11 Å². The van der Waals surface area contributed by atoms with E-state index in [4.69, 9.17) is 22.2 Å². The Morgan fingerprint density at radius 1 is 1.04 bits per heavy atom. The average Bonchev–Trinajstić information content (AvgIpc) is 2.61. The van der Waals surface area contributed by atoms with Gasteiger partial charge in [-0.05, 0) is 49.7 Å². The van der Waals surface area contributed by atoms with Gasteiger partial charge in [-0.25, -0.2) is 0 Å². The molecule has 0 unspecified atom stereocenters. The van der Waals surface area contributed by atoms with Gasteiger partial charge in [0.1, 0.15) is 11.6 Å². The Morgan fingerprint density at radius 3 is 2.00 bits per heavy atom. The smallest absolute Gasteiger partial charge is 0.232 e. The number of hydrogen-bond acceptors (Lipinski definition) is 5. The lowest BCUT2D eigenvalue weighted by atomic mass is 10.00. The number of anilines is 3. The largest absolute Gasteiger partial charge is 0.365 e. The lowest BCUT2D eigenvalue weighted by molar-refractivity contribution is 0.441. The lowest BCUT2D eigenvalue weighted by Crippen LogP contribution is -2.37. The highest BCUT2D eigenvalue weighted by molar-refractivity contribution is 7.80. The molecular weight excluding hydrogens is 332 g/mol. The summed E-state index contributed by atoms with van der Waals surface area (Å²) < 4.78 is 0. The van der Waals surface area contributed by atoms with Crippen LogP contribution in [-0.2, 0) is 0 Å². The summed E-state index contributed by atoms with van der Waals surface area (Å²) in [7, 11) is 1.80. The molecule has 0 amide bonds. The minimum Gasteiger partial charge on any atom is -0.365 e. The summed E-state index contributed by atoms with van der Waals surface area (Å²) in [6, 6.07) is 2.16. The normalized spacial score (nSPS) is 24.1. The van der Waals surface area contributed by atoms with Crippen LogP contribution < -0.4 is 20.4 Å². The molecule has 2 fully saturated rings. The fourth-order valence-corrected chi connectivity index (χ4v) is 3.85. The first-order chi connectivity index (χ1) is 12.0. The summed E-state index contributed by atoms with van der Waals surface area (Å²) in [6.07, 6.45) is 5.04. The van der Waals surface area contributed by atoms with E-state index in [1.54, 1.807) is 7.05 Å². The molecule has 1 aromatic rings. The molecule has 2 atom stereocenters. The van der Waals surface area contributed by atoms with Gasteiger partial charge >= 0.3 is 0 Å². The van der Waals surface area contributed by atoms with Crippen molar-refractivity contribution in [2.75, 3.05) is 48.3 Å². The molecule has 6 nitrogen and oxygen atoms in total. The number of nitrogens with zero attached hydrogens (tertiary/aromatic N) is 4. The van der Waals surface area contributed by atoms with Gasteiger partial charge in [-0.3, -0.25) is 0 Å². The van der Waals surface area contributed by atoms with E-state index in [9.17, 15) is 0 Å². The van der Waals surface area contributed by atoms with Crippen molar-refractivity contribution in [3.8, 4) is 0 Å². The third-order valence-electron chi connectivity index (χ3n) is 5.11. The molecule has 138 valence electrons. The molecule has 2 N–H and O–H groups in total. The fourth-order valence-electron chi connectivity index (χ4n) is 3.76. The number of hydrogen-bond donors (Lipinski definition) is 2. The lowest BCUT2D eigenvalue weighted by Gasteiger charge is -2.35. The monoisotopic (exact) mass is 362 g/mol. The highest BCUT2D eigenvalue weighted by atomic mass is 32.1. The molecule has 3 rings (SSSR count). The third kappa shape index (κ3) is 4.71. The summed E-state index contributed by atoms with van der Waals surface area (Å²) in [4.78, 5) is 14.3. The van der Waals surface area contributed by atoms with Gasteiger partial charge in [0.05, 0.1) is 0 Å². The van der Waals surface area contributed by atoms with E-state index < -0.39 is 0 Å². The Labute approximate surface area is 156 Å². The average molecular weight is 363 g/mol. The first kappa shape index (κ1) is 18.2. The van der Waals surface area contributed by atoms with Crippen LogP contribution >= 0.6 is 12.2 Å². The summed E-state index contributed by atoms with van der Waals surface area (Å²) in [5.41, 5.74) is 0. The quantitative estimate of drug-likeness (QED) is 0.802. The van der Waals surface area contributed by atoms with Gasteiger partial charge < -0.3 is 20.4 Å². The first-order valence-electron chi connectivity index (χ1n) is 9.43. The molecular formula is C18H30N6S. The maximum atomic E-state index is 5.24. The van der Waals surface area contributed by atoms with Crippen molar-refractivity contribution in [3.05, 3.63) is 6.07 Å². The summed E-state index contributed by atoms with van der Waals surface area (Å²) in [5.74, 6) is 4.02. The van der Waals surface area contributed by atoms with Crippen LogP contribution in [0, 0.1) is 11.8 Å². The van der Waals surface area contributed by atoms with Gasteiger partial charge in [0.25, 0.3) is 0 Å². The Kier molecular flexibility index (Phi) is 5.93. The van der Waals surface area contributed by atoms with Crippen LogP contribution in [-0.4, -0.2) is 48.3 Å². The predicted molar refractivity (Wildman–Crippen MR) is 109 cm³/mol. The predicted octanol–water partition coefficient (Wildman–Crippen LogP) is 2.87. The number of rotatable bonds is 3. The fraction of sp³-hybridized carbons (Fsp3) is 0.722. The maximum Gasteiger partial charge on any atom is 0.232 e. The van der Waals surface area contributed by atoms with Crippen molar-refractivity contribution in [2.24, 2.45) is 11.8 Å². The van der Waals surface area contributed by atoms with Crippen molar-refractivity contribution in [2.45, 2.75) is 39.5 Å². The number of aromatic nitrogens is 2. The topological polar surface area (TPSA) is 56.3 Å². The van der Waals surface area contributed by atoms with E-state index in [0.29, 0.717) is 22.9 Å². The number of piperidine rings is 2. The third-order valence-corrected chi connectivity index (χ3v) is 5.42. The van der Waals surface area contributed by atoms with E-state index in [2.05, 4.69) is 40.3 Å². The van der Waals surface area contributed by atoms with E-state index in [0.717, 1.165) is 37.8 Å². The molecule has 7 heteroatoms. The summed E-state index contributed by atoms with van der Waals surface area (Å²) >= 11 is 5.24. The van der Waals surface area contributed by atoms with Crippen LogP contribution in [0.4, 0.5) is 17.6 Å². The van der Waals surface area contributed by atoms with E-state index in [1.165, 1.54) is 25.7 Å². The van der Waals surface area contributed by atoms with E-state index in [1.807, 2.05) is 0 Å². The Balaban J connectivity index is 1.88. The van der Waals surface area contributed by atoms with Crippen molar-refractivity contribution in [1.29, 1.82) is 0 Å². The van der Waals surface area contributed by atoms with Crippen molar-refractivity contribution >= 4 is 34.9 Å². The standard InChI is InChI=1S/C18H30N6S/c1-13-6-4-8-23(11-13)15-10-16(24-9-5-7-14(2)12-24)21-17(20-15)22-18(25)19-3/h10,13-14H,4-9,11-12H2,1-3H3,(H2,19,20,21,22,25)/t13-,14-/m0/s1. The molecule has 2 saturated heterocycles. The summed E-state index contributed by atoms with van der Waals surface area (Å²) in [5, 5.41) is 6.60. The Hall–Kier alpha value is -1.63. The minimum atomic E-state index is 0.544. The van der Waals surface area contributed by atoms with E-state index in [-0.39, 0.29) is 0 Å². The molecule has 2 aliphatic heterocycles. The Bertz CT molecular complexity index is 567. The van der Waals surface area contributed by atoms with Crippen LogP contribution in [0.1, 0.15) is 39.5 Å². The maximum absolute atomic E-state index is 5.24. The molecule has 0 aliphatic carbocycles. The zero-order valence-corrected chi connectivity index (χ0v) is 16.4. The minimum absolute atomic E-state index is 0.544.